The van der Waals surface area contributed by atoms with Gasteiger partial charge in [0, 0.05) is 49.8 Å². The van der Waals surface area contributed by atoms with E-state index < -0.39 is 0 Å². The highest BCUT2D eigenvalue weighted by molar-refractivity contribution is 5.71. The Balaban J connectivity index is 1.24. The summed E-state index contributed by atoms with van der Waals surface area (Å²) < 4.78 is 13.0. The van der Waals surface area contributed by atoms with Crippen molar-refractivity contribution in [3.63, 3.8) is 0 Å². The predicted molar refractivity (Wildman–Crippen MR) is 118 cm³/mol. The van der Waals surface area contributed by atoms with Crippen LogP contribution in [0.15, 0.2) is 67.1 Å². The molecule has 31 heavy (non-hydrogen) atoms. The number of anilines is 1. The van der Waals surface area contributed by atoms with Gasteiger partial charge in [-0.05, 0) is 30.2 Å². The first-order valence-electron chi connectivity index (χ1n) is 10.6. The zero-order chi connectivity index (χ0) is 20.6. The number of aromatic nitrogens is 3. The summed E-state index contributed by atoms with van der Waals surface area (Å²) in [5, 5.41) is 3.66. The van der Waals surface area contributed by atoms with E-state index in [2.05, 4.69) is 45.5 Å². The number of nitrogens with one attached hydrogen (secondary N) is 1. The molecule has 1 unspecified atom stereocenters. The molecule has 0 bridgehead atoms. The van der Waals surface area contributed by atoms with Crippen molar-refractivity contribution in [1.29, 1.82) is 0 Å². The minimum absolute atomic E-state index is 0.265. The summed E-state index contributed by atoms with van der Waals surface area (Å²) in [5.41, 5.74) is 4.04. The van der Waals surface area contributed by atoms with E-state index in [1.807, 2.05) is 41.2 Å². The third-order valence-corrected chi connectivity index (χ3v) is 5.90. The molecule has 0 radical (unpaired) electrons. The van der Waals surface area contributed by atoms with E-state index in [0.717, 1.165) is 60.3 Å². The van der Waals surface area contributed by atoms with E-state index in [9.17, 15) is 0 Å². The molecule has 7 heteroatoms. The van der Waals surface area contributed by atoms with Gasteiger partial charge in [0.2, 0.25) is 6.79 Å². The normalized spacial score (nSPS) is 18.0. The molecular formula is C24H23N5O2. The number of rotatable bonds is 5. The Morgan fingerprint density at radius 2 is 1.97 bits per heavy atom. The van der Waals surface area contributed by atoms with E-state index in [4.69, 9.17) is 14.5 Å². The van der Waals surface area contributed by atoms with Gasteiger partial charge in [0.25, 0.3) is 0 Å². The van der Waals surface area contributed by atoms with E-state index in [1.54, 1.807) is 0 Å². The highest BCUT2D eigenvalue weighted by Gasteiger charge is 2.24. The molecule has 1 N–H and O–H groups in total. The predicted octanol–water partition coefficient (Wildman–Crippen LogP) is 3.81. The van der Waals surface area contributed by atoms with Crippen molar-refractivity contribution in [2.45, 2.75) is 19.0 Å². The number of likely N-dealkylation sites (tertiary alicyclic amines) is 1. The summed E-state index contributed by atoms with van der Waals surface area (Å²) in [6, 6.07) is 16.9. The average molecular weight is 413 g/mol. The minimum atomic E-state index is 0.265. The van der Waals surface area contributed by atoms with Crippen LogP contribution in [0.4, 0.5) is 5.82 Å². The highest BCUT2D eigenvalue weighted by atomic mass is 16.7. The Morgan fingerprint density at radius 1 is 1.06 bits per heavy atom. The maximum atomic E-state index is 5.54. The smallest absolute Gasteiger partial charge is 0.231 e. The lowest BCUT2D eigenvalue weighted by atomic mass is 10.1. The summed E-state index contributed by atoms with van der Waals surface area (Å²) in [4.78, 5) is 11.9. The van der Waals surface area contributed by atoms with Crippen LogP contribution in [0, 0.1) is 0 Å². The van der Waals surface area contributed by atoms with Gasteiger partial charge in [-0.25, -0.2) is 9.97 Å². The van der Waals surface area contributed by atoms with E-state index in [-0.39, 0.29) is 6.79 Å². The molecule has 0 aliphatic carbocycles. The molecule has 1 saturated heterocycles. The van der Waals surface area contributed by atoms with Crippen LogP contribution in [0.1, 0.15) is 12.0 Å². The summed E-state index contributed by atoms with van der Waals surface area (Å²) in [5.74, 6) is 2.34. The van der Waals surface area contributed by atoms with E-state index in [1.165, 1.54) is 5.56 Å². The van der Waals surface area contributed by atoms with Crippen molar-refractivity contribution < 1.29 is 9.47 Å². The van der Waals surface area contributed by atoms with E-state index >= 15 is 0 Å². The third-order valence-electron chi connectivity index (χ3n) is 5.90. The number of imidazole rings is 1. The Labute approximate surface area is 180 Å². The van der Waals surface area contributed by atoms with Gasteiger partial charge in [0.15, 0.2) is 23.0 Å². The van der Waals surface area contributed by atoms with Crippen molar-refractivity contribution >= 4 is 11.5 Å². The van der Waals surface area contributed by atoms with Crippen LogP contribution in [0.3, 0.4) is 0 Å². The molecule has 2 aromatic carbocycles. The first-order valence-corrected chi connectivity index (χ1v) is 10.6. The van der Waals surface area contributed by atoms with Crippen molar-refractivity contribution in [3.05, 3.63) is 72.7 Å². The molecule has 6 rings (SSSR count). The fourth-order valence-electron chi connectivity index (χ4n) is 4.35. The molecule has 4 heterocycles. The highest BCUT2D eigenvalue weighted by Crippen LogP contribution is 2.36. The van der Waals surface area contributed by atoms with Crippen LogP contribution >= 0.6 is 0 Å². The van der Waals surface area contributed by atoms with Gasteiger partial charge in [0.1, 0.15) is 0 Å². The second-order valence-corrected chi connectivity index (χ2v) is 8.05. The topological polar surface area (TPSA) is 63.9 Å². The molecule has 0 saturated carbocycles. The Bertz CT molecular complexity index is 1220. The number of ether oxygens (including phenoxy) is 2. The Hall–Kier alpha value is -3.58. The van der Waals surface area contributed by atoms with Gasteiger partial charge in [-0.15, -0.1) is 0 Å². The van der Waals surface area contributed by atoms with Crippen molar-refractivity contribution in [3.8, 4) is 22.8 Å². The Kier molecular flexibility index (Phi) is 4.46. The van der Waals surface area contributed by atoms with Crippen molar-refractivity contribution in [1.82, 2.24) is 19.3 Å². The first-order chi connectivity index (χ1) is 15.3. The number of nitrogens with zero attached hydrogens (tertiary/aromatic N) is 4. The number of hydrogen-bond acceptors (Lipinski definition) is 6. The number of hydrogen-bond donors (Lipinski definition) is 1. The largest absolute Gasteiger partial charge is 0.454 e. The van der Waals surface area contributed by atoms with E-state index in [0.29, 0.717) is 6.04 Å². The van der Waals surface area contributed by atoms with Crippen LogP contribution in [0.2, 0.25) is 0 Å². The summed E-state index contributed by atoms with van der Waals surface area (Å²) in [6.45, 7) is 3.29. The van der Waals surface area contributed by atoms with Crippen LogP contribution in [0.25, 0.3) is 16.9 Å². The molecule has 0 spiro atoms. The summed E-state index contributed by atoms with van der Waals surface area (Å²) in [6.07, 6.45) is 6.84. The van der Waals surface area contributed by atoms with Crippen LogP contribution in [-0.4, -0.2) is 45.2 Å². The molecule has 2 aliphatic heterocycles. The quantitative estimate of drug-likeness (QED) is 0.537. The van der Waals surface area contributed by atoms with Crippen LogP contribution in [0.5, 0.6) is 11.5 Å². The minimum Gasteiger partial charge on any atom is -0.454 e. The third kappa shape index (κ3) is 3.57. The second-order valence-electron chi connectivity index (χ2n) is 8.05. The Morgan fingerprint density at radius 3 is 2.90 bits per heavy atom. The summed E-state index contributed by atoms with van der Waals surface area (Å²) >= 11 is 0. The number of fused-ring (bicyclic) bond motifs is 2. The maximum Gasteiger partial charge on any atom is 0.231 e. The first kappa shape index (κ1) is 18.2. The van der Waals surface area contributed by atoms with Gasteiger partial charge in [-0.2, -0.15) is 0 Å². The second kappa shape index (κ2) is 7.59. The van der Waals surface area contributed by atoms with Gasteiger partial charge in [-0.3, -0.25) is 4.90 Å². The molecule has 0 amide bonds. The summed E-state index contributed by atoms with van der Waals surface area (Å²) in [7, 11) is 0. The fourth-order valence-corrected chi connectivity index (χ4v) is 4.35. The lowest BCUT2D eigenvalue weighted by molar-refractivity contribution is 0.174. The van der Waals surface area contributed by atoms with Crippen molar-refractivity contribution in [2.75, 3.05) is 25.2 Å². The van der Waals surface area contributed by atoms with Crippen molar-refractivity contribution in [2.24, 2.45) is 0 Å². The molecular weight excluding hydrogens is 390 g/mol. The maximum absolute atomic E-state index is 5.54. The SMILES string of the molecule is c1ccc(CN2CCC(Nc3nc(-c4ccc5c(c4)OCO5)cn4ccnc34)C2)cc1. The molecule has 156 valence electrons. The van der Waals surface area contributed by atoms with Crippen LogP contribution < -0.4 is 14.8 Å². The molecule has 2 aromatic heterocycles. The molecule has 4 aromatic rings. The lowest BCUT2D eigenvalue weighted by Gasteiger charge is -2.18. The zero-order valence-corrected chi connectivity index (χ0v) is 17.1. The standard InChI is InChI=1S/C24H23N5O2/c1-2-4-17(5-3-1)13-28-10-8-19(14-28)26-23-24-25-9-11-29(24)15-20(27-23)18-6-7-21-22(12-18)31-16-30-21/h1-7,9,11-12,15,19H,8,10,13-14,16H2,(H,26,27). The average Bonchev–Trinajstić information content (AvgIpc) is 3.55. The van der Waals surface area contributed by atoms with Gasteiger partial charge < -0.3 is 19.2 Å². The fraction of sp³-hybridized carbons (Fsp3) is 0.250. The molecule has 7 nitrogen and oxygen atoms in total. The lowest BCUT2D eigenvalue weighted by Crippen LogP contribution is -2.26. The zero-order valence-electron chi connectivity index (χ0n) is 17.1. The van der Waals surface area contributed by atoms with Gasteiger partial charge in [-0.1, -0.05) is 30.3 Å². The van der Waals surface area contributed by atoms with Crippen LogP contribution in [-0.2, 0) is 6.54 Å². The molecule has 1 atom stereocenters. The molecule has 2 aliphatic rings. The number of benzene rings is 2. The van der Waals surface area contributed by atoms with Gasteiger partial charge >= 0.3 is 0 Å². The monoisotopic (exact) mass is 413 g/mol. The molecule has 1 fully saturated rings. The van der Waals surface area contributed by atoms with Gasteiger partial charge in [0.05, 0.1) is 5.69 Å².